The number of carbonyl (C=O) groups is 2. The van der Waals surface area contributed by atoms with Crippen molar-refractivity contribution >= 4 is 12.1 Å². The van der Waals surface area contributed by atoms with Gasteiger partial charge in [0.1, 0.15) is 12.6 Å². The zero-order chi connectivity index (χ0) is 19.9. The van der Waals surface area contributed by atoms with Gasteiger partial charge in [0.05, 0.1) is 0 Å². The molecule has 5 nitrogen and oxygen atoms in total. The van der Waals surface area contributed by atoms with Crippen molar-refractivity contribution in [1.82, 2.24) is 5.32 Å². The molecule has 1 unspecified atom stereocenters. The largest absolute Gasteiger partial charge is 0.480 e. The lowest BCUT2D eigenvalue weighted by molar-refractivity contribution is -0.139. The molecule has 1 amide bonds. The summed E-state index contributed by atoms with van der Waals surface area (Å²) in [6.45, 7) is 3.72. The fourth-order valence-corrected chi connectivity index (χ4v) is 3.50. The van der Waals surface area contributed by atoms with E-state index in [2.05, 4.69) is 24.0 Å². The number of alkyl carbamates (subject to hydrolysis) is 1. The zero-order valence-electron chi connectivity index (χ0n) is 15.5. The summed E-state index contributed by atoms with van der Waals surface area (Å²) >= 11 is 0. The number of nitrogens with one attached hydrogen (secondary N) is 1. The zero-order valence-corrected chi connectivity index (χ0v) is 15.5. The van der Waals surface area contributed by atoms with Gasteiger partial charge in [-0.3, -0.25) is 0 Å². The molecule has 0 fully saturated rings. The van der Waals surface area contributed by atoms with E-state index in [-0.39, 0.29) is 18.9 Å². The summed E-state index contributed by atoms with van der Waals surface area (Å²) in [6.07, 6.45) is 5.25. The minimum atomic E-state index is -1.08. The molecule has 5 heteroatoms. The van der Waals surface area contributed by atoms with Crippen LogP contribution >= 0.6 is 0 Å². The molecule has 0 aliphatic heterocycles. The summed E-state index contributed by atoms with van der Waals surface area (Å²) in [5.41, 5.74) is 4.51. The molecule has 28 heavy (non-hydrogen) atoms. The van der Waals surface area contributed by atoms with E-state index in [4.69, 9.17) is 4.74 Å². The minimum absolute atomic E-state index is 0.0584. The number of fused-ring (bicyclic) bond motifs is 3. The van der Waals surface area contributed by atoms with E-state index in [1.807, 2.05) is 42.5 Å². The van der Waals surface area contributed by atoms with E-state index in [1.54, 1.807) is 12.2 Å². The van der Waals surface area contributed by atoms with Gasteiger partial charge >= 0.3 is 12.1 Å². The van der Waals surface area contributed by atoms with Crippen molar-refractivity contribution in [2.45, 2.75) is 24.8 Å². The molecule has 0 bridgehead atoms. The van der Waals surface area contributed by atoms with Crippen LogP contribution in [0.4, 0.5) is 4.79 Å². The predicted molar refractivity (Wildman–Crippen MR) is 108 cm³/mol. The first-order chi connectivity index (χ1) is 13.6. The molecular weight excluding hydrogens is 354 g/mol. The van der Waals surface area contributed by atoms with Crippen LogP contribution in [-0.2, 0) is 9.53 Å². The Balaban J connectivity index is 1.63. The summed E-state index contributed by atoms with van der Waals surface area (Å²) < 4.78 is 5.40. The van der Waals surface area contributed by atoms with Gasteiger partial charge < -0.3 is 15.2 Å². The molecule has 0 saturated carbocycles. The first kappa shape index (κ1) is 19.4. The van der Waals surface area contributed by atoms with E-state index in [0.717, 1.165) is 22.3 Å². The van der Waals surface area contributed by atoms with E-state index in [9.17, 15) is 14.7 Å². The molecule has 2 aromatic carbocycles. The number of carbonyl (C=O) groups excluding carboxylic acids is 1. The van der Waals surface area contributed by atoms with Crippen molar-refractivity contribution in [2.75, 3.05) is 6.61 Å². The Morgan fingerprint density at radius 2 is 1.71 bits per heavy atom. The second-order valence-corrected chi connectivity index (χ2v) is 6.60. The molecule has 0 heterocycles. The second-order valence-electron chi connectivity index (χ2n) is 6.60. The smallest absolute Gasteiger partial charge is 0.407 e. The SMILES string of the molecule is C=C/C=C/CCC(NC(=O)OCC1c2ccccc2-c2ccccc21)C(=O)O. The normalized spacial score (nSPS) is 13.6. The summed E-state index contributed by atoms with van der Waals surface area (Å²) in [6, 6.07) is 15.1. The van der Waals surface area contributed by atoms with Crippen LogP contribution in [0.5, 0.6) is 0 Å². The van der Waals surface area contributed by atoms with Crippen LogP contribution in [0.25, 0.3) is 11.1 Å². The lowest BCUT2D eigenvalue weighted by atomic mass is 9.98. The highest BCUT2D eigenvalue weighted by atomic mass is 16.5. The van der Waals surface area contributed by atoms with Crippen molar-refractivity contribution in [2.24, 2.45) is 0 Å². The summed E-state index contributed by atoms with van der Waals surface area (Å²) in [7, 11) is 0. The molecule has 2 N–H and O–H groups in total. The molecule has 0 aromatic heterocycles. The average Bonchev–Trinajstić information content (AvgIpc) is 3.02. The molecule has 0 spiro atoms. The van der Waals surface area contributed by atoms with Gasteiger partial charge in [-0.2, -0.15) is 0 Å². The molecule has 0 radical (unpaired) electrons. The van der Waals surface area contributed by atoms with Gasteiger partial charge in [-0.1, -0.05) is 73.3 Å². The number of aliphatic carboxylic acids is 1. The predicted octanol–water partition coefficient (Wildman–Crippen LogP) is 4.50. The molecule has 144 valence electrons. The Labute approximate surface area is 164 Å². The van der Waals surface area contributed by atoms with Gasteiger partial charge in [-0.05, 0) is 35.1 Å². The Morgan fingerprint density at radius 1 is 1.11 bits per heavy atom. The van der Waals surface area contributed by atoms with Crippen LogP contribution < -0.4 is 5.32 Å². The van der Waals surface area contributed by atoms with Crippen molar-refractivity contribution in [3.05, 3.63) is 84.5 Å². The third-order valence-corrected chi connectivity index (χ3v) is 4.83. The van der Waals surface area contributed by atoms with Gasteiger partial charge in [-0.25, -0.2) is 9.59 Å². The Bertz CT molecular complexity index is 857. The number of ether oxygens (including phenoxy) is 1. The number of amides is 1. The summed E-state index contributed by atoms with van der Waals surface area (Å²) in [5, 5.41) is 11.7. The van der Waals surface area contributed by atoms with E-state index < -0.39 is 18.1 Å². The van der Waals surface area contributed by atoms with Gasteiger partial charge in [0.15, 0.2) is 0 Å². The van der Waals surface area contributed by atoms with Gasteiger partial charge in [0, 0.05) is 5.92 Å². The molecule has 1 aliphatic rings. The highest BCUT2D eigenvalue weighted by Crippen LogP contribution is 2.44. The first-order valence-corrected chi connectivity index (χ1v) is 9.23. The lowest BCUT2D eigenvalue weighted by Crippen LogP contribution is -2.41. The third-order valence-electron chi connectivity index (χ3n) is 4.83. The number of benzene rings is 2. The molecule has 2 aromatic rings. The lowest BCUT2D eigenvalue weighted by Gasteiger charge is -2.17. The van der Waals surface area contributed by atoms with Crippen molar-refractivity contribution in [3.8, 4) is 11.1 Å². The monoisotopic (exact) mass is 377 g/mol. The van der Waals surface area contributed by atoms with Crippen molar-refractivity contribution < 1.29 is 19.4 Å². The van der Waals surface area contributed by atoms with Gasteiger partial charge in [0.2, 0.25) is 0 Å². The molecule has 1 atom stereocenters. The maximum Gasteiger partial charge on any atom is 0.407 e. The summed E-state index contributed by atoms with van der Waals surface area (Å²) in [4.78, 5) is 23.6. The summed E-state index contributed by atoms with van der Waals surface area (Å²) in [5.74, 6) is -1.14. The Hall–Kier alpha value is -3.34. The van der Waals surface area contributed by atoms with Crippen LogP contribution in [0.1, 0.15) is 29.9 Å². The second kappa shape index (κ2) is 9.04. The fraction of sp³-hybridized carbons (Fsp3) is 0.217. The number of hydrogen-bond donors (Lipinski definition) is 2. The van der Waals surface area contributed by atoms with Crippen molar-refractivity contribution in [3.63, 3.8) is 0 Å². The Kier molecular flexibility index (Phi) is 6.27. The van der Waals surface area contributed by atoms with Crippen LogP contribution in [0.15, 0.2) is 73.3 Å². The van der Waals surface area contributed by atoms with E-state index >= 15 is 0 Å². The number of carboxylic acids is 1. The quantitative estimate of drug-likeness (QED) is 0.664. The number of rotatable bonds is 8. The van der Waals surface area contributed by atoms with E-state index in [1.165, 1.54) is 0 Å². The highest BCUT2D eigenvalue weighted by Gasteiger charge is 2.29. The van der Waals surface area contributed by atoms with Crippen LogP contribution in [0, 0.1) is 0 Å². The highest BCUT2D eigenvalue weighted by molar-refractivity contribution is 5.81. The number of hydrogen-bond acceptors (Lipinski definition) is 3. The molecular formula is C23H23NO4. The maximum atomic E-state index is 12.2. The molecule has 0 saturated heterocycles. The topological polar surface area (TPSA) is 75.6 Å². The maximum absolute atomic E-state index is 12.2. The van der Waals surface area contributed by atoms with Crippen molar-refractivity contribution in [1.29, 1.82) is 0 Å². The van der Waals surface area contributed by atoms with Gasteiger partial charge in [0.25, 0.3) is 0 Å². The number of allylic oxidation sites excluding steroid dienone is 3. The van der Waals surface area contributed by atoms with E-state index in [0.29, 0.717) is 6.42 Å². The standard InChI is InChI=1S/C23H23NO4/c1-2-3-4-5-14-21(22(25)26)24-23(27)28-15-20-18-12-8-6-10-16(18)17-11-7-9-13-19(17)20/h2-4,6-13,20-21H,1,5,14-15H2,(H,24,27)(H,25,26)/b4-3+. The first-order valence-electron chi connectivity index (χ1n) is 9.23. The van der Waals surface area contributed by atoms with Crippen LogP contribution in [-0.4, -0.2) is 29.8 Å². The minimum Gasteiger partial charge on any atom is -0.480 e. The van der Waals surface area contributed by atoms with Gasteiger partial charge in [-0.15, -0.1) is 0 Å². The van der Waals surface area contributed by atoms with Crippen LogP contribution in [0.3, 0.4) is 0 Å². The number of carboxylic acid groups (broad SMARTS) is 1. The fourth-order valence-electron chi connectivity index (χ4n) is 3.50. The van der Waals surface area contributed by atoms with Crippen LogP contribution in [0.2, 0.25) is 0 Å². The Morgan fingerprint density at radius 3 is 2.29 bits per heavy atom. The average molecular weight is 377 g/mol. The third kappa shape index (κ3) is 4.31. The molecule has 3 rings (SSSR count). The molecule has 1 aliphatic carbocycles.